The number of rotatable bonds is 2. The summed E-state index contributed by atoms with van der Waals surface area (Å²) in [4.78, 5) is 16.1. The minimum absolute atomic E-state index is 0.149. The monoisotopic (exact) mass is 211 g/mol. The number of hydrogen-bond acceptors (Lipinski definition) is 2. The fraction of sp³-hybridized carbons (Fsp3) is 0.909. The molecule has 1 saturated carbocycles. The lowest BCUT2D eigenvalue weighted by Gasteiger charge is -2.36. The summed E-state index contributed by atoms with van der Waals surface area (Å²) in [7, 11) is 0. The fourth-order valence-corrected chi connectivity index (χ4v) is 2.09. The lowest BCUT2D eigenvalue weighted by molar-refractivity contribution is 0.137. The number of amides is 2. The highest BCUT2D eigenvalue weighted by molar-refractivity contribution is 5.74. The Morgan fingerprint density at radius 1 is 1.27 bits per heavy atom. The summed E-state index contributed by atoms with van der Waals surface area (Å²) in [6.07, 6.45) is 3.61. The van der Waals surface area contributed by atoms with Gasteiger partial charge in [-0.1, -0.05) is 6.92 Å². The molecule has 0 radical (unpaired) electrons. The van der Waals surface area contributed by atoms with Crippen LogP contribution >= 0.6 is 0 Å². The first-order valence-corrected chi connectivity index (χ1v) is 6.07. The molecule has 1 N–H and O–H groups in total. The lowest BCUT2D eigenvalue weighted by atomic mass is 9.93. The molecule has 0 atom stereocenters. The second-order valence-electron chi connectivity index (χ2n) is 4.50. The molecule has 0 unspecified atom stereocenters. The van der Waals surface area contributed by atoms with Crippen LogP contribution in [0.2, 0.25) is 0 Å². The highest BCUT2D eigenvalue weighted by atomic mass is 16.2. The molecule has 0 aromatic rings. The van der Waals surface area contributed by atoms with E-state index in [4.69, 9.17) is 0 Å². The number of piperazine rings is 1. The zero-order valence-electron chi connectivity index (χ0n) is 9.54. The van der Waals surface area contributed by atoms with Gasteiger partial charge in [-0.25, -0.2) is 4.79 Å². The van der Waals surface area contributed by atoms with Gasteiger partial charge < -0.3 is 15.1 Å². The van der Waals surface area contributed by atoms with Crippen molar-refractivity contribution in [2.75, 3.05) is 32.7 Å². The molecule has 0 bridgehead atoms. The highest BCUT2D eigenvalue weighted by Gasteiger charge is 2.24. The molecule has 0 aromatic carbocycles. The van der Waals surface area contributed by atoms with E-state index in [9.17, 15) is 4.79 Å². The van der Waals surface area contributed by atoms with E-state index >= 15 is 0 Å². The van der Waals surface area contributed by atoms with Crippen molar-refractivity contribution < 1.29 is 4.79 Å². The van der Waals surface area contributed by atoms with E-state index < -0.39 is 0 Å². The quantitative estimate of drug-likeness (QED) is 0.736. The van der Waals surface area contributed by atoms with Crippen LogP contribution in [0.5, 0.6) is 0 Å². The zero-order valence-corrected chi connectivity index (χ0v) is 9.54. The second-order valence-corrected chi connectivity index (χ2v) is 4.50. The summed E-state index contributed by atoms with van der Waals surface area (Å²) >= 11 is 0. The third-order valence-corrected chi connectivity index (χ3v) is 3.54. The fourth-order valence-electron chi connectivity index (χ4n) is 2.09. The number of urea groups is 1. The average molecular weight is 211 g/mol. The van der Waals surface area contributed by atoms with Gasteiger partial charge in [-0.3, -0.25) is 0 Å². The third-order valence-electron chi connectivity index (χ3n) is 3.54. The van der Waals surface area contributed by atoms with Gasteiger partial charge in [0, 0.05) is 32.2 Å². The van der Waals surface area contributed by atoms with Gasteiger partial charge in [-0.15, -0.1) is 0 Å². The van der Waals surface area contributed by atoms with Crippen molar-refractivity contribution in [2.24, 2.45) is 0 Å². The highest BCUT2D eigenvalue weighted by Crippen LogP contribution is 2.18. The van der Waals surface area contributed by atoms with E-state index in [0.717, 1.165) is 32.7 Å². The van der Waals surface area contributed by atoms with Gasteiger partial charge in [0.25, 0.3) is 0 Å². The van der Waals surface area contributed by atoms with Crippen LogP contribution in [0.25, 0.3) is 0 Å². The number of carbonyl (C=O) groups excluding carboxylic acids is 1. The zero-order chi connectivity index (χ0) is 10.7. The van der Waals surface area contributed by atoms with Gasteiger partial charge in [0.1, 0.15) is 0 Å². The number of hydrogen-bond donors (Lipinski definition) is 1. The topological polar surface area (TPSA) is 35.6 Å². The molecule has 1 saturated heterocycles. The molecule has 86 valence electrons. The Morgan fingerprint density at radius 2 is 1.93 bits per heavy atom. The smallest absolute Gasteiger partial charge is 0.317 e. The maximum Gasteiger partial charge on any atom is 0.317 e. The molecule has 0 spiro atoms. The predicted molar refractivity (Wildman–Crippen MR) is 59.9 cm³/mol. The van der Waals surface area contributed by atoms with Crippen molar-refractivity contribution in [2.45, 2.75) is 32.2 Å². The Balaban J connectivity index is 1.71. The number of likely N-dealkylation sites (N-methyl/N-ethyl adjacent to an activating group) is 1. The minimum atomic E-state index is 0.149. The first kappa shape index (κ1) is 10.7. The van der Waals surface area contributed by atoms with Gasteiger partial charge in [-0.2, -0.15) is 0 Å². The van der Waals surface area contributed by atoms with E-state index in [2.05, 4.69) is 17.1 Å². The van der Waals surface area contributed by atoms with Crippen molar-refractivity contribution >= 4 is 6.03 Å². The van der Waals surface area contributed by atoms with Gasteiger partial charge in [0.2, 0.25) is 0 Å². The molecule has 0 aromatic heterocycles. The first-order valence-electron chi connectivity index (χ1n) is 6.07. The van der Waals surface area contributed by atoms with Gasteiger partial charge in [-0.05, 0) is 25.8 Å². The van der Waals surface area contributed by atoms with Gasteiger partial charge in [0.15, 0.2) is 0 Å². The van der Waals surface area contributed by atoms with Crippen LogP contribution in [-0.2, 0) is 0 Å². The predicted octanol–water partition coefficient (Wildman–Crippen LogP) is 0.886. The van der Waals surface area contributed by atoms with Crippen molar-refractivity contribution in [3.63, 3.8) is 0 Å². The lowest BCUT2D eigenvalue weighted by Crippen LogP contribution is -2.54. The van der Waals surface area contributed by atoms with Crippen LogP contribution < -0.4 is 5.32 Å². The van der Waals surface area contributed by atoms with Crippen LogP contribution in [0.15, 0.2) is 0 Å². The summed E-state index contributed by atoms with van der Waals surface area (Å²) in [6, 6.07) is 0.608. The Kier molecular flexibility index (Phi) is 3.46. The number of nitrogens with one attached hydrogen (secondary N) is 1. The van der Waals surface area contributed by atoms with E-state index in [1.807, 2.05) is 4.90 Å². The second kappa shape index (κ2) is 4.84. The minimum Gasteiger partial charge on any atom is -0.335 e. The normalized spacial score (nSPS) is 23.7. The maximum atomic E-state index is 11.8. The SMILES string of the molecule is CCN1CCN(C(=O)NC2CCC2)CC1. The molecule has 2 amide bonds. The van der Waals surface area contributed by atoms with Crippen LogP contribution in [-0.4, -0.2) is 54.6 Å². The van der Waals surface area contributed by atoms with Crippen LogP contribution in [0.3, 0.4) is 0 Å². The molecule has 1 aliphatic heterocycles. The van der Waals surface area contributed by atoms with Crippen molar-refractivity contribution in [3.05, 3.63) is 0 Å². The Labute approximate surface area is 91.6 Å². The molecule has 15 heavy (non-hydrogen) atoms. The third kappa shape index (κ3) is 2.62. The van der Waals surface area contributed by atoms with E-state index in [-0.39, 0.29) is 6.03 Å². The van der Waals surface area contributed by atoms with Gasteiger partial charge >= 0.3 is 6.03 Å². The van der Waals surface area contributed by atoms with Crippen molar-refractivity contribution in [3.8, 4) is 0 Å². The Morgan fingerprint density at radius 3 is 2.40 bits per heavy atom. The molecule has 1 aliphatic carbocycles. The molecular formula is C11H21N3O. The summed E-state index contributed by atoms with van der Waals surface area (Å²) in [5.41, 5.74) is 0. The van der Waals surface area contributed by atoms with E-state index in [1.165, 1.54) is 19.3 Å². The number of nitrogens with zero attached hydrogens (tertiary/aromatic N) is 2. The van der Waals surface area contributed by atoms with Crippen molar-refractivity contribution in [1.29, 1.82) is 0 Å². The molecular weight excluding hydrogens is 190 g/mol. The van der Waals surface area contributed by atoms with E-state index in [0.29, 0.717) is 6.04 Å². The summed E-state index contributed by atoms with van der Waals surface area (Å²) in [5.74, 6) is 0. The number of carbonyl (C=O) groups is 1. The Bertz CT molecular complexity index is 220. The largest absolute Gasteiger partial charge is 0.335 e. The summed E-state index contributed by atoms with van der Waals surface area (Å²) in [6.45, 7) is 7.07. The molecule has 1 heterocycles. The molecule has 2 aliphatic rings. The Hall–Kier alpha value is -0.770. The molecule has 2 fully saturated rings. The molecule has 4 nitrogen and oxygen atoms in total. The van der Waals surface area contributed by atoms with Crippen LogP contribution in [0.4, 0.5) is 4.79 Å². The van der Waals surface area contributed by atoms with Crippen LogP contribution in [0.1, 0.15) is 26.2 Å². The standard InChI is InChI=1S/C11H21N3O/c1-2-13-6-8-14(9-7-13)11(15)12-10-4-3-5-10/h10H,2-9H2,1H3,(H,12,15). The summed E-state index contributed by atoms with van der Waals surface area (Å²) in [5, 5.41) is 3.09. The summed E-state index contributed by atoms with van der Waals surface area (Å²) < 4.78 is 0. The maximum absolute atomic E-state index is 11.8. The van der Waals surface area contributed by atoms with Gasteiger partial charge in [0.05, 0.1) is 0 Å². The first-order chi connectivity index (χ1) is 7.29. The molecule has 2 rings (SSSR count). The molecule has 4 heteroatoms. The average Bonchev–Trinajstić information content (AvgIpc) is 2.23. The van der Waals surface area contributed by atoms with Crippen LogP contribution in [0, 0.1) is 0 Å². The van der Waals surface area contributed by atoms with Crippen molar-refractivity contribution in [1.82, 2.24) is 15.1 Å². The van der Waals surface area contributed by atoms with E-state index in [1.54, 1.807) is 0 Å².